The summed E-state index contributed by atoms with van der Waals surface area (Å²) in [6.07, 6.45) is 0.118. The smallest absolute Gasteiger partial charge is 0.310 e. The van der Waals surface area contributed by atoms with E-state index in [1.165, 1.54) is 13.2 Å². The Bertz CT molecular complexity index is 325. The number of carbonyl (C=O) groups is 1. The minimum absolute atomic E-state index is 0.118. The van der Waals surface area contributed by atoms with Gasteiger partial charge in [-0.1, -0.05) is 12.1 Å². The number of esters is 1. The van der Waals surface area contributed by atoms with E-state index in [9.17, 15) is 9.18 Å². The molecule has 1 aromatic carbocycles. The average molecular weight is 294 g/mol. The maximum atomic E-state index is 13.0. The molecule has 0 unspecified atom stereocenters. The Morgan fingerprint density at radius 3 is 2.92 bits per heavy atom. The molecule has 0 N–H and O–H groups in total. The van der Waals surface area contributed by atoms with Crippen molar-refractivity contribution in [3.63, 3.8) is 0 Å². The van der Waals surface area contributed by atoms with Crippen LogP contribution in [0.25, 0.3) is 0 Å². The molecule has 0 aliphatic heterocycles. The monoisotopic (exact) mass is 294 g/mol. The van der Waals surface area contributed by atoms with Crippen LogP contribution in [0.4, 0.5) is 4.39 Å². The van der Waals surface area contributed by atoms with E-state index >= 15 is 0 Å². The molecule has 0 atom stereocenters. The van der Waals surface area contributed by atoms with E-state index in [1.54, 1.807) is 12.1 Å². The molecule has 70 valence electrons. The Labute approximate surface area is 89.2 Å². The third-order valence-corrected chi connectivity index (χ3v) is 2.80. The largest absolute Gasteiger partial charge is 0.469 e. The van der Waals surface area contributed by atoms with Crippen LogP contribution in [-0.2, 0) is 16.0 Å². The van der Waals surface area contributed by atoms with Crippen molar-refractivity contribution >= 4 is 28.6 Å². The van der Waals surface area contributed by atoms with Crippen LogP contribution in [0, 0.1) is 9.39 Å². The van der Waals surface area contributed by atoms with E-state index in [-0.39, 0.29) is 18.2 Å². The number of methoxy groups -OCH3 is 1. The Morgan fingerprint density at radius 2 is 2.31 bits per heavy atom. The highest BCUT2D eigenvalue weighted by atomic mass is 127. The molecular weight excluding hydrogens is 286 g/mol. The van der Waals surface area contributed by atoms with Gasteiger partial charge in [-0.05, 0) is 34.2 Å². The number of hydrogen-bond donors (Lipinski definition) is 0. The average Bonchev–Trinajstić information content (AvgIpc) is 2.13. The second kappa shape index (κ2) is 4.55. The lowest BCUT2D eigenvalue weighted by atomic mass is 10.1. The van der Waals surface area contributed by atoms with Gasteiger partial charge in [-0.25, -0.2) is 4.39 Å². The SMILES string of the molecule is COC(=O)Cc1cccc(F)c1I. The summed E-state index contributed by atoms with van der Waals surface area (Å²) in [4.78, 5) is 10.9. The number of ether oxygens (including phenoxy) is 1. The fourth-order valence-electron chi connectivity index (χ4n) is 0.913. The first-order chi connectivity index (χ1) is 6.15. The van der Waals surface area contributed by atoms with Crippen LogP contribution in [0.5, 0.6) is 0 Å². The third-order valence-electron chi connectivity index (χ3n) is 1.59. The number of hydrogen-bond acceptors (Lipinski definition) is 2. The quantitative estimate of drug-likeness (QED) is 0.617. The van der Waals surface area contributed by atoms with Gasteiger partial charge in [-0.3, -0.25) is 4.79 Å². The summed E-state index contributed by atoms with van der Waals surface area (Å²) in [5.74, 6) is -0.662. The maximum absolute atomic E-state index is 13.0. The topological polar surface area (TPSA) is 26.3 Å². The van der Waals surface area contributed by atoms with E-state index in [1.807, 2.05) is 22.6 Å². The number of halogens is 2. The van der Waals surface area contributed by atoms with Crippen molar-refractivity contribution in [2.24, 2.45) is 0 Å². The summed E-state index contributed by atoms with van der Waals surface area (Å²) < 4.78 is 17.9. The van der Waals surface area contributed by atoms with Crippen LogP contribution in [0.2, 0.25) is 0 Å². The molecule has 0 amide bonds. The van der Waals surface area contributed by atoms with E-state index in [0.29, 0.717) is 9.13 Å². The van der Waals surface area contributed by atoms with Crippen molar-refractivity contribution in [3.8, 4) is 0 Å². The van der Waals surface area contributed by atoms with E-state index in [4.69, 9.17) is 0 Å². The molecule has 1 aromatic rings. The molecule has 1 rings (SSSR count). The van der Waals surface area contributed by atoms with Gasteiger partial charge in [0.1, 0.15) is 5.82 Å². The minimum atomic E-state index is -0.358. The second-order valence-electron chi connectivity index (χ2n) is 2.47. The molecule has 0 saturated heterocycles. The first kappa shape index (κ1) is 10.4. The highest BCUT2D eigenvalue weighted by Gasteiger charge is 2.09. The fraction of sp³-hybridized carbons (Fsp3) is 0.222. The van der Waals surface area contributed by atoms with Gasteiger partial charge in [0.25, 0.3) is 0 Å². The van der Waals surface area contributed by atoms with Gasteiger partial charge in [0.15, 0.2) is 0 Å². The van der Waals surface area contributed by atoms with Crippen molar-refractivity contribution in [3.05, 3.63) is 33.1 Å². The van der Waals surface area contributed by atoms with Gasteiger partial charge in [0.05, 0.1) is 17.1 Å². The fourth-order valence-corrected chi connectivity index (χ4v) is 1.46. The van der Waals surface area contributed by atoms with Gasteiger partial charge in [0, 0.05) is 0 Å². The summed E-state index contributed by atoms with van der Waals surface area (Å²) in [5, 5.41) is 0. The van der Waals surface area contributed by atoms with Crippen molar-refractivity contribution in [2.45, 2.75) is 6.42 Å². The van der Waals surface area contributed by atoms with Crippen LogP contribution in [0.1, 0.15) is 5.56 Å². The molecule has 0 aromatic heterocycles. The van der Waals surface area contributed by atoms with Gasteiger partial charge in [-0.2, -0.15) is 0 Å². The zero-order valence-corrected chi connectivity index (χ0v) is 9.17. The normalized spacial score (nSPS) is 9.77. The lowest BCUT2D eigenvalue weighted by Gasteiger charge is -2.03. The Hall–Kier alpha value is -0.650. The summed E-state index contributed by atoms with van der Waals surface area (Å²) in [5.41, 5.74) is 0.660. The Balaban J connectivity index is 2.89. The van der Waals surface area contributed by atoms with Gasteiger partial charge < -0.3 is 4.74 Å². The van der Waals surface area contributed by atoms with Gasteiger partial charge in [-0.15, -0.1) is 0 Å². The summed E-state index contributed by atoms with van der Waals surface area (Å²) in [6, 6.07) is 4.65. The van der Waals surface area contributed by atoms with Gasteiger partial charge >= 0.3 is 5.97 Å². The number of rotatable bonds is 2. The Morgan fingerprint density at radius 1 is 1.62 bits per heavy atom. The summed E-state index contributed by atoms with van der Waals surface area (Å²) in [6.45, 7) is 0. The number of benzene rings is 1. The summed E-state index contributed by atoms with van der Waals surface area (Å²) in [7, 11) is 1.31. The molecule has 0 heterocycles. The van der Waals surface area contributed by atoms with Crippen LogP contribution >= 0.6 is 22.6 Å². The lowest BCUT2D eigenvalue weighted by molar-refractivity contribution is -0.139. The Kier molecular flexibility index (Phi) is 3.65. The van der Waals surface area contributed by atoms with Gasteiger partial charge in [0.2, 0.25) is 0 Å². The highest BCUT2D eigenvalue weighted by Crippen LogP contribution is 2.16. The van der Waals surface area contributed by atoms with E-state index < -0.39 is 0 Å². The molecule has 4 heteroatoms. The second-order valence-corrected chi connectivity index (χ2v) is 3.54. The molecule has 0 aliphatic rings. The summed E-state index contributed by atoms with van der Waals surface area (Å²) >= 11 is 1.87. The molecule has 0 spiro atoms. The van der Waals surface area contributed by atoms with Crippen molar-refractivity contribution in [2.75, 3.05) is 7.11 Å². The van der Waals surface area contributed by atoms with Crippen LogP contribution in [0.3, 0.4) is 0 Å². The molecule has 0 saturated carbocycles. The first-order valence-corrected chi connectivity index (χ1v) is 4.72. The predicted octanol–water partition coefficient (Wildman–Crippen LogP) is 2.15. The molecular formula is C9H8FIO2. The molecule has 0 radical (unpaired) electrons. The standard InChI is InChI=1S/C9H8FIO2/c1-13-8(12)5-6-3-2-4-7(10)9(6)11/h2-4H,5H2,1H3. The van der Waals surface area contributed by atoms with Crippen LogP contribution in [-0.4, -0.2) is 13.1 Å². The number of carbonyl (C=O) groups excluding carboxylic acids is 1. The first-order valence-electron chi connectivity index (χ1n) is 3.65. The van der Waals surface area contributed by atoms with Crippen molar-refractivity contribution < 1.29 is 13.9 Å². The minimum Gasteiger partial charge on any atom is -0.469 e. The van der Waals surface area contributed by atoms with Crippen molar-refractivity contribution in [1.82, 2.24) is 0 Å². The highest BCUT2D eigenvalue weighted by molar-refractivity contribution is 14.1. The van der Waals surface area contributed by atoms with Crippen LogP contribution in [0.15, 0.2) is 18.2 Å². The van der Waals surface area contributed by atoms with Crippen molar-refractivity contribution in [1.29, 1.82) is 0 Å². The molecule has 0 bridgehead atoms. The molecule has 0 aliphatic carbocycles. The molecule has 13 heavy (non-hydrogen) atoms. The third kappa shape index (κ3) is 2.65. The zero-order chi connectivity index (χ0) is 9.84. The molecule has 0 fully saturated rings. The lowest BCUT2D eigenvalue weighted by Crippen LogP contribution is -2.06. The predicted molar refractivity (Wildman–Crippen MR) is 54.8 cm³/mol. The maximum Gasteiger partial charge on any atom is 0.310 e. The zero-order valence-electron chi connectivity index (χ0n) is 7.01. The van der Waals surface area contributed by atoms with E-state index in [2.05, 4.69) is 4.74 Å². The van der Waals surface area contributed by atoms with E-state index in [0.717, 1.165) is 0 Å². The van der Waals surface area contributed by atoms with Crippen LogP contribution < -0.4 is 0 Å². The molecule has 2 nitrogen and oxygen atoms in total.